The highest BCUT2D eigenvalue weighted by molar-refractivity contribution is 5.75. The lowest BCUT2D eigenvalue weighted by Crippen LogP contribution is -2.34. The third-order valence-corrected chi connectivity index (χ3v) is 3.47. The fourth-order valence-electron chi connectivity index (χ4n) is 2.15. The predicted molar refractivity (Wildman–Crippen MR) is 76.2 cm³/mol. The van der Waals surface area contributed by atoms with Crippen LogP contribution in [0.4, 0.5) is 4.39 Å². The van der Waals surface area contributed by atoms with Crippen molar-refractivity contribution in [3.63, 3.8) is 0 Å². The molecule has 0 unspecified atom stereocenters. The van der Waals surface area contributed by atoms with Gasteiger partial charge in [0.1, 0.15) is 18.4 Å². The summed E-state index contributed by atoms with van der Waals surface area (Å²) in [4.78, 5) is 36.6. The van der Waals surface area contributed by atoms with Crippen LogP contribution in [-0.2, 0) is 14.3 Å². The minimum absolute atomic E-state index is 0.0540. The number of hydrogen-bond donors (Lipinski definition) is 2. The maximum atomic E-state index is 13.4. The summed E-state index contributed by atoms with van der Waals surface area (Å²) >= 11 is 0. The monoisotopic (exact) mass is 330 g/mol. The smallest absolute Gasteiger partial charge is 0.330 e. The van der Waals surface area contributed by atoms with Gasteiger partial charge < -0.3 is 14.6 Å². The standard InChI is InChI=1S/C14H19FN2O6/c1-14(2,3)12(20)23-8-4-10(22-9(8)6-18)17-5-7(15)11(19)16-13(17)21/h5,8-10,18H,4,6H2,1-3H3,(H,16,19,21)/t8-,9+,10+/m0/s1. The summed E-state index contributed by atoms with van der Waals surface area (Å²) in [7, 11) is 0. The van der Waals surface area contributed by atoms with Gasteiger partial charge in [-0.15, -0.1) is 0 Å². The van der Waals surface area contributed by atoms with Crippen molar-refractivity contribution >= 4 is 5.97 Å². The number of nitrogens with one attached hydrogen (secondary N) is 1. The largest absolute Gasteiger partial charge is 0.459 e. The Morgan fingerprint density at radius 2 is 2.17 bits per heavy atom. The van der Waals surface area contributed by atoms with Crippen LogP contribution in [0.15, 0.2) is 15.8 Å². The number of halogens is 1. The summed E-state index contributed by atoms with van der Waals surface area (Å²) in [6, 6.07) is 0. The normalized spacial score (nSPS) is 24.7. The number of ether oxygens (including phenoxy) is 2. The van der Waals surface area contributed by atoms with E-state index in [9.17, 15) is 23.9 Å². The van der Waals surface area contributed by atoms with Crippen molar-refractivity contribution in [3.05, 3.63) is 32.9 Å². The van der Waals surface area contributed by atoms with Crippen LogP contribution in [0.5, 0.6) is 0 Å². The van der Waals surface area contributed by atoms with E-state index in [-0.39, 0.29) is 6.42 Å². The predicted octanol–water partition coefficient (Wildman–Crippen LogP) is -0.0866. The van der Waals surface area contributed by atoms with Crippen LogP contribution in [0.1, 0.15) is 33.4 Å². The van der Waals surface area contributed by atoms with E-state index in [1.165, 1.54) is 0 Å². The van der Waals surface area contributed by atoms with Gasteiger partial charge in [0.15, 0.2) is 0 Å². The topological polar surface area (TPSA) is 111 Å². The third kappa shape index (κ3) is 3.67. The molecule has 3 atom stereocenters. The first-order valence-corrected chi connectivity index (χ1v) is 7.12. The molecule has 1 fully saturated rings. The van der Waals surface area contributed by atoms with Crippen molar-refractivity contribution in [2.45, 2.75) is 45.6 Å². The van der Waals surface area contributed by atoms with E-state index in [2.05, 4.69) is 0 Å². The van der Waals surface area contributed by atoms with Crippen LogP contribution in [0.2, 0.25) is 0 Å². The summed E-state index contributed by atoms with van der Waals surface area (Å²) in [5.41, 5.74) is -2.71. The lowest BCUT2D eigenvalue weighted by Gasteiger charge is -2.22. The summed E-state index contributed by atoms with van der Waals surface area (Å²) in [5, 5.41) is 9.35. The van der Waals surface area contributed by atoms with Crippen LogP contribution in [-0.4, -0.2) is 39.4 Å². The molecule has 1 aliphatic heterocycles. The van der Waals surface area contributed by atoms with Gasteiger partial charge in [0, 0.05) is 6.42 Å². The summed E-state index contributed by atoms with van der Waals surface area (Å²) in [6.45, 7) is 4.61. The lowest BCUT2D eigenvalue weighted by atomic mass is 9.97. The number of aromatic amines is 1. The van der Waals surface area contributed by atoms with Crippen molar-refractivity contribution in [1.82, 2.24) is 9.55 Å². The summed E-state index contributed by atoms with van der Waals surface area (Å²) < 4.78 is 25.0. The van der Waals surface area contributed by atoms with Crippen LogP contribution < -0.4 is 11.2 Å². The Bertz CT molecular complexity index is 704. The van der Waals surface area contributed by atoms with E-state index in [1.54, 1.807) is 20.8 Å². The quantitative estimate of drug-likeness (QED) is 0.750. The molecule has 1 aromatic heterocycles. The molecule has 9 heteroatoms. The van der Waals surface area contributed by atoms with Gasteiger partial charge in [0.25, 0.3) is 5.56 Å². The number of nitrogens with zero attached hydrogens (tertiary/aromatic N) is 1. The Morgan fingerprint density at radius 3 is 2.74 bits per heavy atom. The average molecular weight is 330 g/mol. The molecule has 128 valence electrons. The Morgan fingerprint density at radius 1 is 1.52 bits per heavy atom. The number of esters is 1. The molecule has 0 radical (unpaired) electrons. The second kappa shape index (κ2) is 6.25. The van der Waals surface area contributed by atoms with Crippen molar-refractivity contribution in [3.8, 4) is 0 Å². The summed E-state index contributed by atoms with van der Waals surface area (Å²) in [5.74, 6) is -1.62. The van der Waals surface area contributed by atoms with Gasteiger partial charge in [0.05, 0.1) is 18.2 Å². The molecule has 0 spiro atoms. The first kappa shape index (κ1) is 17.4. The zero-order valence-corrected chi connectivity index (χ0v) is 13.0. The van der Waals surface area contributed by atoms with E-state index in [4.69, 9.17) is 9.47 Å². The summed E-state index contributed by atoms with van der Waals surface area (Å²) in [6.07, 6.45) is -1.79. The van der Waals surface area contributed by atoms with Crippen molar-refractivity contribution in [2.75, 3.05) is 6.61 Å². The Kier molecular flexibility index (Phi) is 4.71. The van der Waals surface area contributed by atoms with E-state index in [0.29, 0.717) is 0 Å². The molecule has 2 N–H and O–H groups in total. The number of aromatic nitrogens is 2. The van der Waals surface area contributed by atoms with Gasteiger partial charge in [-0.05, 0) is 20.8 Å². The van der Waals surface area contributed by atoms with Gasteiger partial charge >= 0.3 is 11.7 Å². The van der Waals surface area contributed by atoms with Crippen LogP contribution in [0.3, 0.4) is 0 Å². The van der Waals surface area contributed by atoms with E-state index < -0.39 is 53.5 Å². The van der Waals surface area contributed by atoms with Crippen LogP contribution in [0.25, 0.3) is 0 Å². The molecular weight excluding hydrogens is 311 g/mol. The fourth-order valence-corrected chi connectivity index (χ4v) is 2.15. The number of carbonyl (C=O) groups excluding carboxylic acids is 1. The first-order valence-electron chi connectivity index (χ1n) is 7.12. The molecule has 2 heterocycles. The lowest BCUT2D eigenvalue weighted by molar-refractivity contribution is -0.162. The highest BCUT2D eigenvalue weighted by Gasteiger charge is 2.40. The molecule has 0 bridgehead atoms. The van der Waals surface area contributed by atoms with Crippen LogP contribution in [0, 0.1) is 11.2 Å². The number of rotatable bonds is 3. The van der Waals surface area contributed by atoms with E-state index in [1.807, 2.05) is 4.98 Å². The molecule has 0 aromatic carbocycles. The molecule has 1 saturated heterocycles. The highest BCUT2D eigenvalue weighted by Crippen LogP contribution is 2.31. The van der Waals surface area contributed by atoms with Gasteiger partial charge in [-0.3, -0.25) is 19.1 Å². The Hall–Kier alpha value is -2.00. The zero-order valence-electron chi connectivity index (χ0n) is 13.0. The van der Waals surface area contributed by atoms with Gasteiger partial charge in [-0.1, -0.05) is 0 Å². The van der Waals surface area contributed by atoms with Crippen molar-refractivity contribution in [1.29, 1.82) is 0 Å². The number of hydrogen-bond acceptors (Lipinski definition) is 6. The Labute approximate surface area is 130 Å². The Balaban J connectivity index is 2.22. The number of aliphatic hydroxyl groups excluding tert-OH is 1. The van der Waals surface area contributed by atoms with Gasteiger partial charge in [-0.25, -0.2) is 4.79 Å². The average Bonchev–Trinajstić information content (AvgIpc) is 2.84. The minimum atomic E-state index is -1.14. The van der Waals surface area contributed by atoms with E-state index >= 15 is 0 Å². The third-order valence-electron chi connectivity index (χ3n) is 3.47. The SMILES string of the molecule is CC(C)(C)C(=O)O[C@H]1C[C@H](n2cc(F)c(=O)[nH]c2=O)O[C@@H]1CO. The van der Waals surface area contributed by atoms with Gasteiger partial charge in [0.2, 0.25) is 5.82 Å². The van der Waals surface area contributed by atoms with Crippen molar-refractivity contribution < 1.29 is 23.8 Å². The molecule has 1 aromatic rings. The van der Waals surface area contributed by atoms with E-state index in [0.717, 1.165) is 10.8 Å². The minimum Gasteiger partial charge on any atom is -0.459 e. The highest BCUT2D eigenvalue weighted by atomic mass is 19.1. The molecule has 23 heavy (non-hydrogen) atoms. The molecular formula is C14H19FN2O6. The van der Waals surface area contributed by atoms with Crippen molar-refractivity contribution in [2.24, 2.45) is 5.41 Å². The molecule has 8 nitrogen and oxygen atoms in total. The molecule has 2 rings (SSSR count). The zero-order chi connectivity index (χ0) is 17.4. The fraction of sp³-hybridized carbons (Fsp3) is 0.643. The number of carbonyl (C=O) groups is 1. The number of H-pyrrole nitrogens is 1. The second-order valence-electron chi connectivity index (χ2n) is 6.38. The first-order chi connectivity index (χ1) is 10.6. The molecule has 0 amide bonds. The number of aliphatic hydroxyl groups is 1. The maximum absolute atomic E-state index is 13.4. The second-order valence-corrected chi connectivity index (χ2v) is 6.38. The molecule has 1 aliphatic rings. The molecule has 0 saturated carbocycles. The van der Waals surface area contributed by atoms with Crippen LogP contribution >= 0.6 is 0 Å². The van der Waals surface area contributed by atoms with Gasteiger partial charge in [-0.2, -0.15) is 4.39 Å². The molecule has 0 aliphatic carbocycles. The maximum Gasteiger partial charge on any atom is 0.330 e.